The quantitative estimate of drug-likeness (QED) is 0.234. The van der Waals surface area contributed by atoms with Gasteiger partial charge in [-0.25, -0.2) is 0 Å². The Kier molecular flexibility index (Phi) is 9.28. The Morgan fingerprint density at radius 3 is 2.40 bits per heavy atom. The Balaban J connectivity index is 1.25. The molecule has 1 atom stereocenters. The van der Waals surface area contributed by atoms with Crippen LogP contribution in [0.25, 0.3) is 5.69 Å². The average molecular weight is 585 g/mol. The van der Waals surface area contributed by atoms with Gasteiger partial charge in [0.1, 0.15) is 17.6 Å². The van der Waals surface area contributed by atoms with E-state index >= 15 is 0 Å². The smallest absolute Gasteiger partial charge is 0.251 e. The number of nitrogens with one attached hydrogen (secondary N) is 2. The molecule has 4 aromatic rings. The Morgan fingerprint density at radius 2 is 1.67 bits per heavy atom. The molecule has 1 aliphatic rings. The summed E-state index contributed by atoms with van der Waals surface area (Å²) in [6.07, 6.45) is 2.63. The largest absolute Gasteiger partial charge is 0.497 e. The van der Waals surface area contributed by atoms with Crippen molar-refractivity contribution in [3.63, 3.8) is 0 Å². The summed E-state index contributed by atoms with van der Waals surface area (Å²) < 4.78 is 7.49. The summed E-state index contributed by atoms with van der Waals surface area (Å²) >= 11 is 6.18. The number of rotatable bonds is 11. The predicted molar refractivity (Wildman–Crippen MR) is 163 cm³/mol. The second-order valence-corrected chi connectivity index (χ2v) is 10.5. The number of carbonyl (C=O) groups is 2. The maximum absolute atomic E-state index is 13.1. The van der Waals surface area contributed by atoms with Gasteiger partial charge in [-0.05, 0) is 68.7 Å². The highest BCUT2D eigenvalue weighted by molar-refractivity contribution is 6.30. The van der Waals surface area contributed by atoms with Crippen LogP contribution in [0.2, 0.25) is 5.02 Å². The summed E-state index contributed by atoms with van der Waals surface area (Å²) in [5.41, 5.74) is 3.96. The van der Waals surface area contributed by atoms with Crippen LogP contribution in [0.3, 0.4) is 0 Å². The van der Waals surface area contributed by atoms with Gasteiger partial charge in [-0.3, -0.25) is 19.1 Å². The maximum Gasteiger partial charge on any atom is 0.251 e. The zero-order valence-corrected chi connectivity index (χ0v) is 24.4. The van der Waals surface area contributed by atoms with Crippen LogP contribution in [-0.2, 0) is 4.79 Å². The van der Waals surface area contributed by atoms with Crippen molar-refractivity contribution in [3.05, 3.63) is 106 Å². The van der Waals surface area contributed by atoms with Crippen LogP contribution in [0.5, 0.6) is 5.75 Å². The number of aliphatic imine (C=N–C) groups is 1. The van der Waals surface area contributed by atoms with E-state index in [1.807, 2.05) is 72.2 Å². The van der Waals surface area contributed by atoms with Crippen molar-refractivity contribution in [1.82, 2.24) is 25.4 Å². The van der Waals surface area contributed by atoms with Gasteiger partial charge in [-0.2, -0.15) is 0 Å². The fraction of sp³-hybridized carbons (Fsp3) is 0.281. The first-order chi connectivity index (χ1) is 20.4. The topological polar surface area (TPSA) is 110 Å². The molecule has 0 saturated heterocycles. The summed E-state index contributed by atoms with van der Waals surface area (Å²) in [5.74, 6) is 1.81. The number of unbranched alkanes of at least 4 members (excludes halogenated alkanes) is 2. The number of fused-ring (bicyclic) bond motifs is 3. The third-order valence-electron chi connectivity index (χ3n) is 7.13. The van der Waals surface area contributed by atoms with E-state index in [-0.39, 0.29) is 18.2 Å². The molecule has 0 bridgehead atoms. The zero-order valence-electron chi connectivity index (χ0n) is 23.6. The monoisotopic (exact) mass is 584 g/mol. The van der Waals surface area contributed by atoms with Crippen LogP contribution < -0.4 is 15.4 Å². The van der Waals surface area contributed by atoms with Gasteiger partial charge in [0.2, 0.25) is 5.91 Å². The zero-order chi connectivity index (χ0) is 29.5. The predicted octanol–water partition coefficient (Wildman–Crippen LogP) is 5.24. The maximum atomic E-state index is 13.1. The third-order valence-corrected chi connectivity index (χ3v) is 7.38. The van der Waals surface area contributed by atoms with E-state index < -0.39 is 6.04 Å². The molecule has 0 radical (unpaired) electrons. The molecular formula is C32H33ClN6O3. The van der Waals surface area contributed by atoms with E-state index in [1.165, 1.54) is 0 Å². The first kappa shape index (κ1) is 29.0. The highest BCUT2D eigenvalue weighted by Crippen LogP contribution is 2.34. The SMILES string of the molecule is COc1ccc2c(c1)C(c1ccc(Cl)cc1)=N[C@@H](CC(=O)NCCCCCNC(=O)c1ccccc1)c1nnc(C)n1-2. The van der Waals surface area contributed by atoms with Gasteiger partial charge in [0, 0.05) is 34.8 Å². The van der Waals surface area contributed by atoms with Crippen LogP contribution in [0, 0.1) is 6.92 Å². The van der Waals surface area contributed by atoms with E-state index in [4.69, 9.17) is 21.3 Å². The number of halogens is 1. The Labute approximate surface area is 250 Å². The number of nitrogens with zero attached hydrogens (tertiary/aromatic N) is 4. The van der Waals surface area contributed by atoms with Crippen molar-refractivity contribution in [2.45, 2.75) is 38.6 Å². The molecule has 1 aromatic heterocycles. The number of methoxy groups -OCH3 is 1. The number of amides is 2. The van der Waals surface area contributed by atoms with Crippen LogP contribution in [-0.4, -0.2) is 52.5 Å². The summed E-state index contributed by atoms with van der Waals surface area (Å²) in [6, 6.07) is 21.9. The molecule has 216 valence electrons. The Bertz CT molecular complexity index is 1580. The minimum absolute atomic E-state index is 0.0745. The van der Waals surface area contributed by atoms with Gasteiger partial charge < -0.3 is 15.4 Å². The fourth-order valence-electron chi connectivity index (χ4n) is 4.97. The molecule has 0 unspecified atom stereocenters. The minimum atomic E-state index is -0.552. The van der Waals surface area contributed by atoms with E-state index in [1.54, 1.807) is 19.2 Å². The lowest BCUT2D eigenvalue weighted by atomic mass is 10.00. The van der Waals surface area contributed by atoms with Gasteiger partial charge in [-0.15, -0.1) is 10.2 Å². The van der Waals surface area contributed by atoms with Crippen molar-refractivity contribution in [1.29, 1.82) is 0 Å². The molecule has 42 heavy (non-hydrogen) atoms. The van der Waals surface area contributed by atoms with Gasteiger partial charge in [0.15, 0.2) is 5.82 Å². The molecule has 2 heterocycles. The number of hydrogen-bond acceptors (Lipinski definition) is 6. The van der Waals surface area contributed by atoms with Crippen molar-refractivity contribution in [2.75, 3.05) is 20.2 Å². The first-order valence-corrected chi connectivity index (χ1v) is 14.4. The molecule has 0 fully saturated rings. The van der Waals surface area contributed by atoms with E-state index in [0.29, 0.717) is 41.1 Å². The third kappa shape index (κ3) is 6.69. The summed E-state index contributed by atoms with van der Waals surface area (Å²) in [5, 5.41) is 15.3. The molecule has 2 amide bonds. The molecule has 1 aliphatic heterocycles. The van der Waals surface area contributed by atoms with E-state index in [2.05, 4.69) is 20.8 Å². The minimum Gasteiger partial charge on any atom is -0.497 e. The second kappa shape index (κ2) is 13.4. The van der Waals surface area contributed by atoms with Gasteiger partial charge >= 0.3 is 0 Å². The molecule has 10 heteroatoms. The molecule has 3 aromatic carbocycles. The second-order valence-electron chi connectivity index (χ2n) is 10.1. The highest BCUT2D eigenvalue weighted by atomic mass is 35.5. The molecule has 2 N–H and O–H groups in total. The average Bonchev–Trinajstić information content (AvgIpc) is 3.33. The van der Waals surface area contributed by atoms with Crippen molar-refractivity contribution < 1.29 is 14.3 Å². The summed E-state index contributed by atoms with van der Waals surface area (Å²) in [4.78, 5) is 30.4. The van der Waals surface area contributed by atoms with Gasteiger partial charge in [0.25, 0.3) is 5.91 Å². The van der Waals surface area contributed by atoms with Crippen molar-refractivity contribution in [2.24, 2.45) is 4.99 Å². The fourth-order valence-corrected chi connectivity index (χ4v) is 5.10. The van der Waals surface area contributed by atoms with Crippen molar-refractivity contribution in [3.8, 4) is 11.4 Å². The van der Waals surface area contributed by atoms with E-state index in [0.717, 1.165) is 41.8 Å². The lowest BCUT2D eigenvalue weighted by Gasteiger charge is -2.14. The van der Waals surface area contributed by atoms with Gasteiger partial charge in [-0.1, -0.05) is 41.9 Å². The number of aromatic nitrogens is 3. The number of ether oxygens (including phenoxy) is 1. The van der Waals surface area contributed by atoms with Crippen LogP contribution >= 0.6 is 11.6 Å². The molecule has 9 nitrogen and oxygen atoms in total. The number of benzene rings is 3. The lowest BCUT2D eigenvalue weighted by molar-refractivity contribution is -0.121. The normalized spacial score (nSPS) is 13.8. The van der Waals surface area contributed by atoms with Crippen LogP contribution in [0.15, 0.2) is 77.8 Å². The standard InChI is InChI=1S/C32H33ClN6O3/c1-21-37-38-31-27(20-29(40)34-17-7-4-8-18-35-32(41)23-9-5-3-6-10-23)36-30(22-11-13-24(33)14-12-22)26-19-25(42-2)15-16-28(26)39(21)31/h3,5-6,9-16,19,27H,4,7-8,17-18,20H2,1-2H3,(H,34,40)(H,35,41)/t27-/m0/s1. The summed E-state index contributed by atoms with van der Waals surface area (Å²) in [6.45, 7) is 3.01. The lowest BCUT2D eigenvalue weighted by Crippen LogP contribution is -2.27. The van der Waals surface area contributed by atoms with Crippen LogP contribution in [0.1, 0.15) is 64.9 Å². The number of aryl methyl sites for hydroxylation is 1. The van der Waals surface area contributed by atoms with E-state index in [9.17, 15) is 9.59 Å². The molecular weight excluding hydrogens is 552 g/mol. The highest BCUT2D eigenvalue weighted by Gasteiger charge is 2.30. The van der Waals surface area contributed by atoms with Crippen LogP contribution in [0.4, 0.5) is 0 Å². The molecule has 5 rings (SSSR count). The molecule has 0 spiro atoms. The van der Waals surface area contributed by atoms with Gasteiger partial charge in [0.05, 0.1) is 24.9 Å². The Morgan fingerprint density at radius 1 is 0.929 bits per heavy atom. The summed E-state index contributed by atoms with van der Waals surface area (Å²) in [7, 11) is 1.63. The first-order valence-electron chi connectivity index (χ1n) is 14.0. The Hall–Kier alpha value is -4.50. The molecule has 0 saturated carbocycles. The number of carbonyl (C=O) groups excluding carboxylic acids is 2. The molecule has 0 aliphatic carbocycles. The number of hydrogen-bond donors (Lipinski definition) is 2. The van der Waals surface area contributed by atoms with Crippen molar-refractivity contribution >= 4 is 29.1 Å².